The van der Waals surface area contributed by atoms with E-state index in [-0.39, 0.29) is 12.1 Å². The molecular formula is C20H16N2O5. The van der Waals surface area contributed by atoms with Crippen LogP contribution in [0.1, 0.15) is 33.2 Å². The fourth-order valence-electron chi connectivity index (χ4n) is 3.26. The Bertz CT molecular complexity index is 1130. The first kappa shape index (κ1) is 16.8. The molecule has 136 valence electrons. The Balaban J connectivity index is 1.76. The van der Waals surface area contributed by atoms with Crippen molar-refractivity contribution >= 4 is 5.97 Å². The van der Waals surface area contributed by atoms with Crippen molar-refractivity contribution in [2.24, 2.45) is 0 Å². The van der Waals surface area contributed by atoms with E-state index in [2.05, 4.69) is 4.98 Å². The van der Waals surface area contributed by atoms with Crippen LogP contribution in [-0.2, 0) is 17.7 Å². The number of aromatic hydroxyl groups is 1. The number of esters is 1. The second-order valence-corrected chi connectivity index (χ2v) is 6.26. The summed E-state index contributed by atoms with van der Waals surface area (Å²) in [5.74, 6) is -1.06. The van der Waals surface area contributed by atoms with Crippen molar-refractivity contribution in [2.45, 2.75) is 19.1 Å². The minimum atomic E-state index is -1.05. The third kappa shape index (κ3) is 2.93. The molecule has 0 radical (unpaired) electrons. The van der Waals surface area contributed by atoms with E-state index in [1.54, 1.807) is 24.3 Å². The normalized spacial score (nSPS) is 15.4. The van der Waals surface area contributed by atoms with E-state index in [0.717, 1.165) is 10.1 Å². The van der Waals surface area contributed by atoms with Gasteiger partial charge >= 0.3 is 11.7 Å². The SMILES string of the molecule is O=C1O[C@H](c2c(O)n(CCc3ccccc3)c(=O)[nH]c2=O)c2ccccc21. The summed E-state index contributed by atoms with van der Waals surface area (Å²) < 4.78 is 6.38. The lowest BCUT2D eigenvalue weighted by Crippen LogP contribution is -2.34. The summed E-state index contributed by atoms with van der Waals surface area (Å²) in [5.41, 5.74) is 0.160. The number of fused-ring (bicyclic) bond motifs is 1. The number of aryl methyl sites for hydroxylation is 1. The lowest BCUT2D eigenvalue weighted by Gasteiger charge is -2.15. The maximum absolute atomic E-state index is 12.4. The molecule has 3 aromatic rings. The number of nitrogens with one attached hydrogen (secondary N) is 1. The van der Waals surface area contributed by atoms with Gasteiger partial charge < -0.3 is 9.84 Å². The number of benzene rings is 2. The Labute approximate surface area is 153 Å². The van der Waals surface area contributed by atoms with Crippen LogP contribution in [-0.4, -0.2) is 20.6 Å². The van der Waals surface area contributed by atoms with Gasteiger partial charge in [0.05, 0.1) is 5.56 Å². The molecule has 2 N–H and O–H groups in total. The molecule has 2 heterocycles. The first-order valence-electron chi connectivity index (χ1n) is 8.46. The van der Waals surface area contributed by atoms with Crippen molar-refractivity contribution in [1.82, 2.24) is 9.55 Å². The molecule has 0 bridgehead atoms. The first-order valence-corrected chi connectivity index (χ1v) is 8.46. The highest BCUT2D eigenvalue weighted by Gasteiger charge is 2.36. The summed E-state index contributed by atoms with van der Waals surface area (Å²) in [6.45, 7) is 0.167. The zero-order valence-electron chi connectivity index (χ0n) is 14.2. The molecule has 0 unspecified atom stereocenters. The molecule has 1 aromatic heterocycles. The smallest absolute Gasteiger partial charge is 0.339 e. The number of H-pyrrole nitrogens is 1. The molecule has 1 aliphatic rings. The molecule has 7 heteroatoms. The number of carbonyl (C=O) groups is 1. The van der Waals surface area contributed by atoms with Gasteiger partial charge in [0.15, 0.2) is 6.10 Å². The van der Waals surface area contributed by atoms with Crippen molar-refractivity contribution in [3.63, 3.8) is 0 Å². The molecule has 0 spiro atoms. The van der Waals surface area contributed by atoms with Gasteiger partial charge in [0.2, 0.25) is 5.88 Å². The number of ether oxygens (including phenoxy) is 1. The van der Waals surface area contributed by atoms with Crippen molar-refractivity contribution in [1.29, 1.82) is 0 Å². The summed E-state index contributed by atoms with van der Waals surface area (Å²) >= 11 is 0. The number of rotatable bonds is 4. The summed E-state index contributed by atoms with van der Waals surface area (Å²) in [6, 6.07) is 16.1. The average molecular weight is 364 g/mol. The quantitative estimate of drug-likeness (QED) is 0.687. The van der Waals surface area contributed by atoms with Crippen LogP contribution in [0, 0.1) is 0 Å². The lowest BCUT2D eigenvalue weighted by atomic mass is 10.0. The van der Waals surface area contributed by atoms with Crippen LogP contribution in [0.4, 0.5) is 0 Å². The van der Waals surface area contributed by atoms with Gasteiger partial charge in [-0.3, -0.25) is 14.3 Å². The highest BCUT2D eigenvalue weighted by molar-refractivity contribution is 5.94. The van der Waals surface area contributed by atoms with Gasteiger partial charge in [-0.15, -0.1) is 0 Å². The Kier molecular flexibility index (Phi) is 4.12. The van der Waals surface area contributed by atoms with Gasteiger partial charge in [-0.05, 0) is 18.1 Å². The molecular weight excluding hydrogens is 348 g/mol. The first-order chi connectivity index (χ1) is 13.1. The maximum Gasteiger partial charge on any atom is 0.339 e. The van der Waals surface area contributed by atoms with Gasteiger partial charge in [-0.2, -0.15) is 0 Å². The van der Waals surface area contributed by atoms with Crippen LogP contribution < -0.4 is 11.2 Å². The summed E-state index contributed by atoms with van der Waals surface area (Å²) in [4.78, 5) is 38.8. The van der Waals surface area contributed by atoms with Gasteiger partial charge in [-0.1, -0.05) is 48.5 Å². The zero-order chi connectivity index (χ0) is 19.0. The Hall–Kier alpha value is -3.61. The Morgan fingerprint density at radius 2 is 1.70 bits per heavy atom. The van der Waals surface area contributed by atoms with Crippen molar-refractivity contribution in [3.8, 4) is 5.88 Å². The van der Waals surface area contributed by atoms with E-state index in [1.165, 1.54) is 0 Å². The van der Waals surface area contributed by atoms with E-state index in [1.807, 2.05) is 30.3 Å². The standard InChI is InChI=1S/C20H16N2O5/c23-17-15(16-13-8-4-5-9-14(13)19(25)27-16)18(24)22(20(26)21-17)11-10-12-6-2-1-3-7-12/h1-9,16,24H,10-11H2,(H,21,23,26)/t16-/m0/s1. The predicted octanol–water partition coefficient (Wildman–Crippen LogP) is 1.74. The number of nitrogens with zero attached hydrogens (tertiary/aromatic N) is 1. The summed E-state index contributed by atoms with van der Waals surface area (Å²) in [5, 5.41) is 10.7. The maximum atomic E-state index is 12.4. The summed E-state index contributed by atoms with van der Waals surface area (Å²) in [7, 11) is 0. The van der Waals surface area contributed by atoms with E-state index < -0.39 is 29.2 Å². The van der Waals surface area contributed by atoms with E-state index in [0.29, 0.717) is 17.5 Å². The third-order valence-electron chi connectivity index (χ3n) is 4.62. The van der Waals surface area contributed by atoms with Crippen molar-refractivity contribution in [2.75, 3.05) is 0 Å². The number of aromatic amines is 1. The van der Waals surface area contributed by atoms with Crippen LogP contribution in [0.2, 0.25) is 0 Å². The molecule has 1 atom stereocenters. The summed E-state index contributed by atoms with van der Waals surface area (Å²) in [6.07, 6.45) is -0.568. The molecule has 27 heavy (non-hydrogen) atoms. The highest BCUT2D eigenvalue weighted by atomic mass is 16.5. The molecule has 4 rings (SSSR count). The lowest BCUT2D eigenvalue weighted by molar-refractivity contribution is 0.0448. The number of aromatic nitrogens is 2. The topological polar surface area (TPSA) is 101 Å². The predicted molar refractivity (Wildman–Crippen MR) is 96.8 cm³/mol. The van der Waals surface area contributed by atoms with E-state index in [4.69, 9.17) is 4.74 Å². The molecule has 1 aliphatic heterocycles. The van der Waals surface area contributed by atoms with Gasteiger partial charge in [0, 0.05) is 12.1 Å². The van der Waals surface area contributed by atoms with Crippen LogP contribution in [0.25, 0.3) is 0 Å². The van der Waals surface area contributed by atoms with Gasteiger partial charge in [0.25, 0.3) is 5.56 Å². The number of cyclic esters (lactones) is 1. The fraction of sp³-hybridized carbons (Fsp3) is 0.150. The number of hydrogen-bond acceptors (Lipinski definition) is 5. The Morgan fingerprint density at radius 1 is 1.00 bits per heavy atom. The zero-order valence-corrected chi connectivity index (χ0v) is 14.2. The average Bonchev–Trinajstić information content (AvgIpc) is 2.99. The number of hydrogen-bond donors (Lipinski definition) is 2. The molecule has 0 saturated carbocycles. The largest absolute Gasteiger partial charge is 0.494 e. The molecule has 0 amide bonds. The van der Waals surface area contributed by atoms with Crippen LogP contribution in [0.5, 0.6) is 5.88 Å². The van der Waals surface area contributed by atoms with Crippen LogP contribution in [0.15, 0.2) is 64.2 Å². The van der Waals surface area contributed by atoms with Crippen LogP contribution >= 0.6 is 0 Å². The Morgan fingerprint density at radius 3 is 2.48 bits per heavy atom. The van der Waals surface area contributed by atoms with Crippen molar-refractivity contribution in [3.05, 3.63) is 97.7 Å². The second kappa shape index (κ2) is 6.60. The third-order valence-corrected chi connectivity index (χ3v) is 4.62. The van der Waals surface area contributed by atoms with Gasteiger partial charge in [0.1, 0.15) is 5.56 Å². The van der Waals surface area contributed by atoms with E-state index in [9.17, 15) is 19.5 Å². The molecule has 0 aliphatic carbocycles. The molecule has 0 fully saturated rings. The number of carbonyl (C=O) groups excluding carboxylic acids is 1. The molecule has 7 nitrogen and oxygen atoms in total. The van der Waals surface area contributed by atoms with Crippen molar-refractivity contribution < 1.29 is 14.6 Å². The molecule has 0 saturated heterocycles. The fourth-order valence-corrected chi connectivity index (χ4v) is 3.26. The van der Waals surface area contributed by atoms with Gasteiger partial charge in [-0.25, -0.2) is 9.59 Å². The minimum absolute atomic E-state index is 0.152. The van der Waals surface area contributed by atoms with E-state index >= 15 is 0 Å². The molecule has 2 aromatic carbocycles. The van der Waals surface area contributed by atoms with Crippen LogP contribution in [0.3, 0.4) is 0 Å². The monoisotopic (exact) mass is 364 g/mol. The highest BCUT2D eigenvalue weighted by Crippen LogP contribution is 2.37. The minimum Gasteiger partial charge on any atom is -0.494 e. The second-order valence-electron chi connectivity index (χ2n) is 6.26.